The van der Waals surface area contributed by atoms with E-state index in [1.165, 1.54) is 12.7 Å². The molecule has 29 heavy (non-hydrogen) atoms. The van der Waals surface area contributed by atoms with Gasteiger partial charge in [-0.15, -0.1) is 0 Å². The SMILES string of the molecule is CCN(Cc1ccccc1)c1ccc(C(=O)Nc2ccc(C(=O)OC)cc2)cn1. The van der Waals surface area contributed by atoms with Gasteiger partial charge in [0.05, 0.1) is 18.2 Å². The molecule has 1 aromatic heterocycles. The van der Waals surface area contributed by atoms with Gasteiger partial charge < -0.3 is 15.0 Å². The highest BCUT2D eigenvalue weighted by atomic mass is 16.5. The lowest BCUT2D eigenvalue weighted by molar-refractivity contribution is 0.0600. The number of amides is 1. The normalized spacial score (nSPS) is 10.3. The number of pyridine rings is 1. The molecule has 3 rings (SSSR count). The smallest absolute Gasteiger partial charge is 0.337 e. The molecular weight excluding hydrogens is 366 g/mol. The predicted molar refractivity (Wildman–Crippen MR) is 113 cm³/mol. The van der Waals surface area contributed by atoms with Gasteiger partial charge in [-0.25, -0.2) is 9.78 Å². The fraction of sp³-hybridized carbons (Fsp3) is 0.174. The van der Waals surface area contributed by atoms with Gasteiger partial charge in [-0.05, 0) is 48.9 Å². The molecule has 0 aliphatic carbocycles. The van der Waals surface area contributed by atoms with Crippen LogP contribution in [0.3, 0.4) is 0 Å². The lowest BCUT2D eigenvalue weighted by Crippen LogP contribution is -2.23. The Morgan fingerprint density at radius 3 is 2.24 bits per heavy atom. The molecule has 0 radical (unpaired) electrons. The van der Waals surface area contributed by atoms with Crippen LogP contribution in [0.4, 0.5) is 11.5 Å². The Labute approximate surface area is 170 Å². The summed E-state index contributed by atoms with van der Waals surface area (Å²) in [5.74, 6) is 0.134. The quantitative estimate of drug-likeness (QED) is 0.615. The van der Waals surface area contributed by atoms with Crippen LogP contribution < -0.4 is 10.2 Å². The summed E-state index contributed by atoms with van der Waals surface area (Å²) in [4.78, 5) is 30.6. The molecule has 1 heterocycles. The second-order valence-corrected chi connectivity index (χ2v) is 6.43. The first-order chi connectivity index (χ1) is 14.1. The van der Waals surface area contributed by atoms with E-state index in [4.69, 9.17) is 0 Å². The minimum absolute atomic E-state index is 0.263. The first kappa shape index (κ1) is 20.1. The summed E-state index contributed by atoms with van der Waals surface area (Å²) >= 11 is 0. The third-order valence-electron chi connectivity index (χ3n) is 4.50. The van der Waals surface area contributed by atoms with E-state index in [2.05, 4.69) is 39.0 Å². The van der Waals surface area contributed by atoms with Crippen LogP contribution in [-0.2, 0) is 11.3 Å². The van der Waals surface area contributed by atoms with Crippen molar-refractivity contribution in [2.24, 2.45) is 0 Å². The molecule has 148 valence electrons. The summed E-state index contributed by atoms with van der Waals surface area (Å²) in [5.41, 5.74) is 2.68. The summed E-state index contributed by atoms with van der Waals surface area (Å²) in [7, 11) is 1.33. The summed E-state index contributed by atoms with van der Waals surface area (Å²) in [5, 5.41) is 2.80. The molecule has 2 aromatic carbocycles. The number of carbonyl (C=O) groups excluding carboxylic acids is 2. The molecular formula is C23H23N3O3. The zero-order chi connectivity index (χ0) is 20.6. The van der Waals surface area contributed by atoms with Crippen molar-refractivity contribution in [1.29, 1.82) is 0 Å². The van der Waals surface area contributed by atoms with Gasteiger partial charge in [-0.2, -0.15) is 0 Å². The highest BCUT2D eigenvalue weighted by Crippen LogP contribution is 2.16. The maximum Gasteiger partial charge on any atom is 0.337 e. The van der Waals surface area contributed by atoms with E-state index in [0.717, 1.165) is 18.9 Å². The summed E-state index contributed by atoms with van der Waals surface area (Å²) in [6.07, 6.45) is 1.57. The molecule has 0 aliphatic rings. The number of aromatic nitrogens is 1. The first-order valence-electron chi connectivity index (χ1n) is 9.35. The highest BCUT2D eigenvalue weighted by molar-refractivity contribution is 6.04. The van der Waals surface area contributed by atoms with E-state index in [1.807, 2.05) is 24.3 Å². The maximum absolute atomic E-state index is 12.5. The molecule has 0 bridgehead atoms. The molecule has 0 saturated heterocycles. The van der Waals surface area contributed by atoms with Gasteiger partial charge in [-0.3, -0.25) is 4.79 Å². The Morgan fingerprint density at radius 1 is 0.966 bits per heavy atom. The van der Waals surface area contributed by atoms with Gasteiger partial charge in [0.15, 0.2) is 0 Å². The minimum Gasteiger partial charge on any atom is -0.465 e. The van der Waals surface area contributed by atoms with Crippen LogP contribution in [0.5, 0.6) is 0 Å². The first-order valence-corrected chi connectivity index (χ1v) is 9.35. The van der Waals surface area contributed by atoms with E-state index < -0.39 is 5.97 Å². The number of nitrogens with one attached hydrogen (secondary N) is 1. The summed E-state index contributed by atoms with van der Waals surface area (Å²) < 4.78 is 4.67. The van der Waals surface area contributed by atoms with Crippen LogP contribution >= 0.6 is 0 Å². The molecule has 0 saturated carbocycles. The second kappa shape index (κ2) is 9.50. The van der Waals surface area contributed by atoms with Crippen LogP contribution in [0.2, 0.25) is 0 Å². The number of nitrogens with zero attached hydrogens (tertiary/aromatic N) is 2. The van der Waals surface area contributed by atoms with Crippen LogP contribution in [-0.4, -0.2) is 30.5 Å². The van der Waals surface area contributed by atoms with E-state index in [9.17, 15) is 9.59 Å². The maximum atomic E-state index is 12.5. The highest BCUT2D eigenvalue weighted by Gasteiger charge is 2.11. The summed E-state index contributed by atoms with van der Waals surface area (Å²) in [6, 6.07) is 20.3. The number of methoxy groups -OCH3 is 1. The largest absolute Gasteiger partial charge is 0.465 e. The predicted octanol–water partition coefficient (Wildman–Crippen LogP) is 4.15. The van der Waals surface area contributed by atoms with Crippen molar-refractivity contribution in [2.75, 3.05) is 23.9 Å². The van der Waals surface area contributed by atoms with Crippen LogP contribution in [0, 0.1) is 0 Å². The lowest BCUT2D eigenvalue weighted by atomic mass is 10.2. The number of ether oxygens (including phenoxy) is 1. The molecule has 1 N–H and O–H groups in total. The van der Waals surface area contributed by atoms with Gasteiger partial charge in [0.25, 0.3) is 5.91 Å². The van der Waals surface area contributed by atoms with Crippen LogP contribution in [0.25, 0.3) is 0 Å². The van der Waals surface area contributed by atoms with Crippen LogP contribution in [0.1, 0.15) is 33.2 Å². The molecule has 1 amide bonds. The van der Waals surface area contributed by atoms with Crippen molar-refractivity contribution in [2.45, 2.75) is 13.5 Å². The van der Waals surface area contributed by atoms with Crippen molar-refractivity contribution < 1.29 is 14.3 Å². The second-order valence-electron chi connectivity index (χ2n) is 6.43. The van der Waals surface area contributed by atoms with Crippen LogP contribution in [0.15, 0.2) is 72.9 Å². The Balaban J connectivity index is 1.65. The monoisotopic (exact) mass is 389 g/mol. The number of carbonyl (C=O) groups is 2. The molecule has 0 spiro atoms. The van der Waals surface area contributed by atoms with Crippen molar-refractivity contribution >= 4 is 23.4 Å². The lowest BCUT2D eigenvalue weighted by Gasteiger charge is -2.22. The zero-order valence-corrected chi connectivity index (χ0v) is 16.5. The summed E-state index contributed by atoms with van der Waals surface area (Å²) in [6.45, 7) is 3.63. The Morgan fingerprint density at radius 2 is 1.66 bits per heavy atom. The molecule has 3 aromatic rings. The van der Waals surface area contributed by atoms with Gasteiger partial charge in [0, 0.05) is 25.0 Å². The van der Waals surface area contributed by atoms with E-state index in [-0.39, 0.29) is 5.91 Å². The third kappa shape index (κ3) is 5.19. The van der Waals surface area contributed by atoms with Gasteiger partial charge in [-0.1, -0.05) is 30.3 Å². The van der Waals surface area contributed by atoms with E-state index >= 15 is 0 Å². The Bertz CT molecular complexity index is 955. The van der Waals surface area contributed by atoms with Crippen molar-refractivity contribution in [1.82, 2.24) is 4.98 Å². The van der Waals surface area contributed by atoms with Gasteiger partial charge >= 0.3 is 5.97 Å². The van der Waals surface area contributed by atoms with Gasteiger partial charge in [0.1, 0.15) is 5.82 Å². The molecule has 6 heteroatoms. The number of rotatable bonds is 7. The van der Waals surface area contributed by atoms with E-state index in [0.29, 0.717) is 16.8 Å². The Kier molecular flexibility index (Phi) is 6.58. The zero-order valence-electron chi connectivity index (χ0n) is 16.5. The number of benzene rings is 2. The minimum atomic E-state index is -0.418. The molecule has 0 unspecified atom stereocenters. The van der Waals surface area contributed by atoms with E-state index in [1.54, 1.807) is 36.5 Å². The number of hydrogen-bond donors (Lipinski definition) is 1. The number of anilines is 2. The number of hydrogen-bond acceptors (Lipinski definition) is 5. The molecule has 0 aliphatic heterocycles. The standard InChI is InChI=1S/C23H23N3O3/c1-3-26(16-17-7-5-4-6-8-17)21-14-11-19(15-24-21)22(27)25-20-12-9-18(10-13-20)23(28)29-2/h4-15H,3,16H2,1-2H3,(H,25,27). The average Bonchev–Trinajstić information content (AvgIpc) is 2.78. The molecule has 6 nitrogen and oxygen atoms in total. The Hall–Kier alpha value is -3.67. The van der Waals surface area contributed by atoms with Crippen molar-refractivity contribution in [3.8, 4) is 0 Å². The average molecular weight is 389 g/mol. The van der Waals surface area contributed by atoms with Crippen molar-refractivity contribution in [3.05, 3.63) is 89.6 Å². The topological polar surface area (TPSA) is 71.5 Å². The van der Waals surface area contributed by atoms with Crippen molar-refractivity contribution in [3.63, 3.8) is 0 Å². The molecule has 0 fully saturated rings. The molecule has 0 atom stereocenters. The van der Waals surface area contributed by atoms with Gasteiger partial charge in [0.2, 0.25) is 0 Å². The third-order valence-corrected chi connectivity index (χ3v) is 4.50. The fourth-order valence-corrected chi connectivity index (χ4v) is 2.88. The fourth-order valence-electron chi connectivity index (χ4n) is 2.88. The number of esters is 1.